The molecule has 1 fully saturated rings. The predicted octanol–water partition coefficient (Wildman–Crippen LogP) is 1.76. The molecule has 0 atom stereocenters. The average molecular weight is 333 g/mol. The van der Waals surface area contributed by atoms with E-state index in [1.54, 1.807) is 25.6 Å². The highest BCUT2D eigenvalue weighted by atomic mass is 32.1. The molecule has 1 aromatic carbocycles. The topological polar surface area (TPSA) is 63.7 Å². The Labute approximate surface area is 139 Å². The zero-order chi connectivity index (χ0) is 16.2. The van der Waals surface area contributed by atoms with Crippen LogP contribution in [-0.2, 0) is 11.3 Å². The molecule has 0 spiro atoms. The van der Waals surface area contributed by atoms with Crippen molar-refractivity contribution in [1.82, 2.24) is 15.2 Å². The summed E-state index contributed by atoms with van der Waals surface area (Å²) >= 11 is 1.58. The zero-order valence-electron chi connectivity index (χ0n) is 13.2. The van der Waals surface area contributed by atoms with E-state index in [0.717, 1.165) is 34.3 Å². The van der Waals surface area contributed by atoms with Crippen LogP contribution in [-0.4, -0.2) is 49.6 Å². The van der Waals surface area contributed by atoms with Crippen LogP contribution in [0.5, 0.6) is 11.5 Å². The second kappa shape index (κ2) is 6.97. The lowest BCUT2D eigenvalue weighted by Gasteiger charge is -2.25. The molecule has 2 heterocycles. The SMILES string of the molecule is COc1ccc(-c2nc(CN3CCNC(=O)C3)cs2)c(OC)c1. The molecule has 0 saturated carbocycles. The van der Waals surface area contributed by atoms with Crippen molar-refractivity contribution in [3.05, 3.63) is 29.3 Å². The number of piperazine rings is 1. The van der Waals surface area contributed by atoms with Gasteiger partial charge in [-0.15, -0.1) is 11.3 Å². The van der Waals surface area contributed by atoms with E-state index in [-0.39, 0.29) is 5.91 Å². The van der Waals surface area contributed by atoms with Crippen LogP contribution in [0.4, 0.5) is 0 Å². The van der Waals surface area contributed by atoms with Gasteiger partial charge in [-0.25, -0.2) is 4.98 Å². The second-order valence-electron chi connectivity index (χ2n) is 5.27. The molecule has 1 aliphatic heterocycles. The maximum absolute atomic E-state index is 11.4. The number of thiazole rings is 1. The van der Waals surface area contributed by atoms with E-state index < -0.39 is 0 Å². The Morgan fingerprint density at radius 1 is 1.35 bits per heavy atom. The summed E-state index contributed by atoms with van der Waals surface area (Å²) in [4.78, 5) is 18.2. The molecule has 1 saturated heterocycles. The largest absolute Gasteiger partial charge is 0.497 e. The molecule has 0 aliphatic carbocycles. The molecule has 2 aromatic rings. The van der Waals surface area contributed by atoms with Gasteiger partial charge in [0, 0.05) is 31.1 Å². The van der Waals surface area contributed by atoms with Crippen LogP contribution in [0.3, 0.4) is 0 Å². The Kier molecular flexibility index (Phi) is 4.78. The van der Waals surface area contributed by atoms with Gasteiger partial charge in [-0.3, -0.25) is 9.69 Å². The Hall–Kier alpha value is -2.12. The summed E-state index contributed by atoms with van der Waals surface area (Å²) in [6.45, 7) is 2.66. The van der Waals surface area contributed by atoms with Crippen molar-refractivity contribution in [2.45, 2.75) is 6.54 Å². The van der Waals surface area contributed by atoms with Crippen LogP contribution in [0.25, 0.3) is 10.6 Å². The first-order valence-electron chi connectivity index (χ1n) is 7.35. The highest BCUT2D eigenvalue weighted by Gasteiger charge is 2.18. The first-order chi connectivity index (χ1) is 11.2. The minimum atomic E-state index is 0.0727. The number of carbonyl (C=O) groups is 1. The summed E-state index contributed by atoms with van der Waals surface area (Å²) in [6, 6.07) is 5.70. The molecule has 0 radical (unpaired) electrons. The van der Waals surface area contributed by atoms with Crippen LogP contribution in [0.2, 0.25) is 0 Å². The lowest BCUT2D eigenvalue weighted by atomic mass is 10.2. The number of ether oxygens (including phenoxy) is 2. The summed E-state index contributed by atoms with van der Waals surface area (Å²) in [5, 5.41) is 5.76. The van der Waals surface area contributed by atoms with Crippen LogP contribution in [0.15, 0.2) is 23.6 Å². The van der Waals surface area contributed by atoms with E-state index in [4.69, 9.17) is 9.47 Å². The van der Waals surface area contributed by atoms with Gasteiger partial charge in [-0.2, -0.15) is 0 Å². The fourth-order valence-electron chi connectivity index (χ4n) is 2.53. The summed E-state index contributed by atoms with van der Waals surface area (Å²) in [5.74, 6) is 1.56. The van der Waals surface area contributed by atoms with E-state index in [2.05, 4.69) is 15.2 Å². The number of benzene rings is 1. The summed E-state index contributed by atoms with van der Waals surface area (Å²) < 4.78 is 10.7. The van der Waals surface area contributed by atoms with Crippen molar-refractivity contribution >= 4 is 17.2 Å². The minimum absolute atomic E-state index is 0.0727. The number of rotatable bonds is 5. The minimum Gasteiger partial charge on any atom is -0.497 e. The number of nitrogens with zero attached hydrogens (tertiary/aromatic N) is 2. The van der Waals surface area contributed by atoms with E-state index in [9.17, 15) is 4.79 Å². The molecule has 7 heteroatoms. The smallest absolute Gasteiger partial charge is 0.234 e. The van der Waals surface area contributed by atoms with Gasteiger partial charge in [0.1, 0.15) is 16.5 Å². The van der Waals surface area contributed by atoms with Gasteiger partial charge in [0.15, 0.2) is 0 Å². The van der Waals surface area contributed by atoms with Crippen molar-refractivity contribution in [2.75, 3.05) is 33.9 Å². The quantitative estimate of drug-likeness (QED) is 0.903. The maximum Gasteiger partial charge on any atom is 0.234 e. The fourth-order valence-corrected chi connectivity index (χ4v) is 3.37. The van der Waals surface area contributed by atoms with E-state index >= 15 is 0 Å². The summed E-state index contributed by atoms with van der Waals surface area (Å²) in [7, 11) is 3.27. The average Bonchev–Trinajstić information content (AvgIpc) is 3.02. The Bertz CT molecular complexity index is 702. The first kappa shape index (κ1) is 15.8. The monoisotopic (exact) mass is 333 g/mol. The molecule has 0 unspecified atom stereocenters. The van der Waals surface area contributed by atoms with Crippen LogP contribution >= 0.6 is 11.3 Å². The van der Waals surface area contributed by atoms with Crippen LogP contribution in [0, 0.1) is 0 Å². The number of amides is 1. The number of hydrogen-bond donors (Lipinski definition) is 1. The number of aromatic nitrogens is 1. The van der Waals surface area contributed by atoms with Crippen molar-refractivity contribution < 1.29 is 14.3 Å². The normalized spacial score (nSPS) is 15.3. The standard InChI is InChI=1S/C16H19N3O3S/c1-21-12-3-4-13(14(7-12)22-2)16-18-11(10-23-16)8-19-6-5-17-15(20)9-19/h3-4,7,10H,5-6,8-9H2,1-2H3,(H,17,20). The molecule has 6 nitrogen and oxygen atoms in total. The Morgan fingerprint density at radius 3 is 2.96 bits per heavy atom. The lowest BCUT2D eigenvalue weighted by Crippen LogP contribution is -2.47. The van der Waals surface area contributed by atoms with Gasteiger partial charge in [-0.05, 0) is 12.1 Å². The molecule has 3 rings (SSSR count). The molecular weight excluding hydrogens is 314 g/mol. The number of nitrogens with one attached hydrogen (secondary N) is 1. The molecule has 0 bridgehead atoms. The fraction of sp³-hybridized carbons (Fsp3) is 0.375. The van der Waals surface area contributed by atoms with Gasteiger partial charge < -0.3 is 14.8 Å². The third-order valence-corrected chi connectivity index (χ3v) is 4.62. The Balaban J connectivity index is 1.77. The molecule has 122 valence electrons. The van der Waals surface area contributed by atoms with Gasteiger partial charge in [0.05, 0.1) is 32.0 Å². The highest BCUT2D eigenvalue weighted by Crippen LogP contribution is 2.35. The summed E-state index contributed by atoms with van der Waals surface area (Å²) in [6.07, 6.45) is 0. The van der Waals surface area contributed by atoms with Crippen molar-refractivity contribution in [2.24, 2.45) is 0 Å². The molecule has 1 aliphatic rings. The molecule has 1 aromatic heterocycles. The predicted molar refractivity (Wildman–Crippen MR) is 88.9 cm³/mol. The number of carbonyl (C=O) groups excluding carboxylic acids is 1. The third-order valence-electron chi connectivity index (χ3n) is 3.69. The Morgan fingerprint density at radius 2 is 2.22 bits per heavy atom. The molecule has 1 amide bonds. The van der Waals surface area contributed by atoms with Gasteiger partial charge >= 0.3 is 0 Å². The van der Waals surface area contributed by atoms with Crippen molar-refractivity contribution in [1.29, 1.82) is 0 Å². The van der Waals surface area contributed by atoms with Gasteiger partial charge in [0.25, 0.3) is 0 Å². The number of methoxy groups -OCH3 is 2. The molecular formula is C16H19N3O3S. The van der Waals surface area contributed by atoms with Gasteiger partial charge in [-0.1, -0.05) is 0 Å². The lowest BCUT2D eigenvalue weighted by molar-refractivity contribution is -0.124. The van der Waals surface area contributed by atoms with Crippen molar-refractivity contribution in [3.8, 4) is 22.1 Å². The second-order valence-corrected chi connectivity index (χ2v) is 6.13. The maximum atomic E-state index is 11.4. The van der Waals surface area contributed by atoms with Gasteiger partial charge in [0.2, 0.25) is 5.91 Å². The van der Waals surface area contributed by atoms with E-state index in [1.807, 2.05) is 23.6 Å². The van der Waals surface area contributed by atoms with E-state index in [1.165, 1.54) is 0 Å². The summed E-state index contributed by atoms with van der Waals surface area (Å²) in [5.41, 5.74) is 1.92. The molecule has 23 heavy (non-hydrogen) atoms. The number of hydrogen-bond acceptors (Lipinski definition) is 6. The van der Waals surface area contributed by atoms with Crippen LogP contribution < -0.4 is 14.8 Å². The van der Waals surface area contributed by atoms with E-state index in [0.29, 0.717) is 19.6 Å². The van der Waals surface area contributed by atoms with Crippen LogP contribution in [0.1, 0.15) is 5.69 Å². The third kappa shape index (κ3) is 3.62. The highest BCUT2D eigenvalue weighted by molar-refractivity contribution is 7.13. The first-order valence-corrected chi connectivity index (χ1v) is 8.23. The zero-order valence-corrected chi connectivity index (χ0v) is 14.0. The van der Waals surface area contributed by atoms with Crippen molar-refractivity contribution in [3.63, 3.8) is 0 Å². The molecule has 1 N–H and O–H groups in total.